The van der Waals surface area contributed by atoms with Crippen molar-refractivity contribution in [3.05, 3.63) is 53.2 Å². The lowest BCUT2D eigenvalue weighted by Crippen LogP contribution is -2.40. The van der Waals surface area contributed by atoms with Crippen LogP contribution in [0, 0.1) is 13.8 Å². The van der Waals surface area contributed by atoms with Crippen LogP contribution in [0.15, 0.2) is 41.5 Å². The van der Waals surface area contributed by atoms with E-state index in [2.05, 4.69) is 29.0 Å². The minimum Gasteiger partial charge on any atom is -0.439 e. The van der Waals surface area contributed by atoms with Gasteiger partial charge < -0.3 is 20.1 Å². The molecule has 1 fully saturated rings. The maximum absolute atomic E-state index is 9.77. The quantitative estimate of drug-likeness (QED) is 0.376. The van der Waals surface area contributed by atoms with E-state index in [-0.39, 0.29) is 30.1 Å². The minimum atomic E-state index is -0.271. The van der Waals surface area contributed by atoms with Crippen molar-refractivity contribution in [2.75, 3.05) is 19.6 Å². The minimum absolute atomic E-state index is 0. The third kappa shape index (κ3) is 6.07. The van der Waals surface area contributed by atoms with Gasteiger partial charge in [-0.2, -0.15) is 0 Å². The smallest absolute Gasteiger partial charge is 0.219 e. The summed E-state index contributed by atoms with van der Waals surface area (Å²) in [6, 6.07) is 9.88. The van der Waals surface area contributed by atoms with Gasteiger partial charge in [0, 0.05) is 31.9 Å². The lowest BCUT2D eigenvalue weighted by molar-refractivity contribution is 0.188. The Hall–Kier alpha value is -1.87. The molecule has 2 heterocycles. The SMILES string of the molecule is CCNC(=NCc1ccnc(Oc2ccc(C)c(C)c2)c1)N1CC[C@@H](O)C1.I. The average Bonchev–Trinajstić information content (AvgIpc) is 3.08. The number of likely N-dealkylation sites (tertiary alicyclic amines) is 1. The van der Waals surface area contributed by atoms with Crippen molar-refractivity contribution >= 4 is 29.9 Å². The molecule has 3 rings (SSSR count). The van der Waals surface area contributed by atoms with Gasteiger partial charge in [0.25, 0.3) is 0 Å². The highest BCUT2D eigenvalue weighted by Gasteiger charge is 2.22. The number of guanidine groups is 1. The van der Waals surface area contributed by atoms with Crippen molar-refractivity contribution in [3.63, 3.8) is 0 Å². The molecule has 1 aromatic heterocycles. The van der Waals surface area contributed by atoms with Gasteiger partial charge in [0.2, 0.25) is 5.88 Å². The molecular formula is C21H29IN4O2. The van der Waals surface area contributed by atoms with Crippen molar-refractivity contribution in [2.45, 2.75) is 39.8 Å². The molecule has 0 aliphatic carbocycles. The highest BCUT2D eigenvalue weighted by atomic mass is 127. The molecule has 0 saturated carbocycles. The second-order valence-electron chi connectivity index (χ2n) is 6.91. The number of β-amino-alcohol motifs (C(OH)–C–C–N with tert-alkyl or cyclic N) is 1. The average molecular weight is 496 g/mol. The summed E-state index contributed by atoms with van der Waals surface area (Å²) >= 11 is 0. The van der Waals surface area contributed by atoms with Crippen molar-refractivity contribution in [3.8, 4) is 11.6 Å². The molecule has 0 amide bonds. The Morgan fingerprint density at radius 2 is 2.11 bits per heavy atom. The van der Waals surface area contributed by atoms with E-state index in [0.717, 1.165) is 36.8 Å². The van der Waals surface area contributed by atoms with E-state index in [1.807, 2.05) is 37.3 Å². The number of hydrogen-bond acceptors (Lipinski definition) is 4. The summed E-state index contributed by atoms with van der Waals surface area (Å²) in [5.74, 6) is 2.18. The summed E-state index contributed by atoms with van der Waals surface area (Å²) in [7, 11) is 0. The highest BCUT2D eigenvalue weighted by Crippen LogP contribution is 2.23. The molecule has 1 aliphatic heterocycles. The predicted octanol–water partition coefficient (Wildman–Crippen LogP) is 3.64. The van der Waals surface area contributed by atoms with E-state index >= 15 is 0 Å². The van der Waals surface area contributed by atoms with Crippen molar-refractivity contribution < 1.29 is 9.84 Å². The van der Waals surface area contributed by atoms with Crippen LogP contribution in [0.4, 0.5) is 0 Å². The Bertz CT molecular complexity index is 813. The molecule has 0 bridgehead atoms. The normalized spacial score (nSPS) is 16.6. The standard InChI is InChI=1S/C21H28N4O2.HI/c1-4-22-21(25-10-8-18(26)14-25)24-13-17-7-9-23-20(12-17)27-19-6-5-15(2)16(3)11-19;/h5-7,9,11-12,18,26H,4,8,10,13-14H2,1-3H3,(H,22,24);1H/t18-;/m1./s1. The number of aryl methyl sites for hydroxylation is 2. The fraction of sp³-hybridized carbons (Fsp3) is 0.429. The monoisotopic (exact) mass is 496 g/mol. The summed E-state index contributed by atoms with van der Waals surface area (Å²) in [5.41, 5.74) is 3.46. The third-order valence-corrected chi connectivity index (χ3v) is 4.71. The number of nitrogens with one attached hydrogen (secondary N) is 1. The molecule has 6 nitrogen and oxygen atoms in total. The molecule has 1 atom stereocenters. The molecule has 0 radical (unpaired) electrons. The van der Waals surface area contributed by atoms with Crippen LogP contribution in [0.3, 0.4) is 0 Å². The summed E-state index contributed by atoms with van der Waals surface area (Å²) in [5, 5.41) is 13.1. The van der Waals surface area contributed by atoms with E-state index in [0.29, 0.717) is 19.0 Å². The van der Waals surface area contributed by atoms with E-state index in [4.69, 9.17) is 9.73 Å². The van der Waals surface area contributed by atoms with Crippen LogP contribution >= 0.6 is 24.0 Å². The summed E-state index contributed by atoms with van der Waals surface area (Å²) in [4.78, 5) is 11.1. The second-order valence-corrected chi connectivity index (χ2v) is 6.91. The molecule has 2 aromatic rings. The van der Waals surface area contributed by atoms with Crippen molar-refractivity contribution in [2.24, 2.45) is 4.99 Å². The lowest BCUT2D eigenvalue weighted by atomic mass is 10.1. The van der Waals surface area contributed by atoms with Crippen LogP contribution in [-0.4, -0.2) is 46.7 Å². The van der Waals surface area contributed by atoms with E-state index < -0.39 is 0 Å². The molecule has 0 spiro atoms. The van der Waals surface area contributed by atoms with Crippen LogP contribution in [-0.2, 0) is 6.54 Å². The first kappa shape index (κ1) is 22.4. The first-order chi connectivity index (χ1) is 13.0. The number of pyridine rings is 1. The summed E-state index contributed by atoms with van der Waals surface area (Å²) in [6.45, 7) is 8.97. The number of aliphatic hydroxyl groups excluding tert-OH is 1. The van der Waals surface area contributed by atoms with Crippen LogP contribution in [0.2, 0.25) is 0 Å². The lowest BCUT2D eigenvalue weighted by Gasteiger charge is -2.20. The molecule has 0 unspecified atom stereocenters. The van der Waals surface area contributed by atoms with Gasteiger partial charge >= 0.3 is 0 Å². The van der Waals surface area contributed by atoms with Crippen LogP contribution in [0.5, 0.6) is 11.6 Å². The van der Waals surface area contributed by atoms with Crippen LogP contribution < -0.4 is 10.1 Å². The number of aromatic nitrogens is 1. The first-order valence-corrected chi connectivity index (χ1v) is 9.46. The number of ether oxygens (including phenoxy) is 1. The van der Waals surface area contributed by atoms with Crippen LogP contribution in [0.25, 0.3) is 0 Å². The third-order valence-electron chi connectivity index (χ3n) is 4.71. The number of hydrogen-bond donors (Lipinski definition) is 2. The molecule has 28 heavy (non-hydrogen) atoms. The van der Waals surface area contributed by atoms with Gasteiger partial charge in [-0.25, -0.2) is 9.98 Å². The predicted molar refractivity (Wildman–Crippen MR) is 123 cm³/mol. The number of aliphatic imine (C=N–C) groups is 1. The van der Waals surface area contributed by atoms with Gasteiger partial charge in [-0.1, -0.05) is 6.07 Å². The molecule has 1 saturated heterocycles. The van der Waals surface area contributed by atoms with E-state index in [1.165, 1.54) is 11.1 Å². The molecular weight excluding hydrogens is 467 g/mol. The Morgan fingerprint density at radius 1 is 1.29 bits per heavy atom. The fourth-order valence-corrected chi connectivity index (χ4v) is 3.03. The zero-order valence-corrected chi connectivity index (χ0v) is 19.0. The molecule has 1 aliphatic rings. The second kappa shape index (κ2) is 10.6. The molecule has 2 N–H and O–H groups in total. The van der Waals surface area contributed by atoms with Gasteiger partial charge in [-0.05, 0) is 62.1 Å². The van der Waals surface area contributed by atoms with Gasteiger partial charge in [0.1, 0.15) is 5.75 Å². The topological polar surface area (TPSA) is 70.0 Å². The van der Waals surface area contributed by atoms with Crippen molar-refractivity contribution in [1.82, 2.24) is 15.2 Å². The highest BCUT2D eigenvalue weighted by molar-refractivity contribution is 14.0. The van der Waals surface area contributed by atoms with Gasteiger partial charge in [-0.3, -0.25) is 0 Å². The Kier molecular flexibility index (Phi) is 8.50. The number of halogens is 1. The summed E-state index contributed by atoms with van der Waals surface area (Å²) < 4.78 is 5.90. The maximum Gasteiger partial charge on any atom is 0.219 e. The van der Waals surface area contributed by atoms with E-state index in [1.54, 1.807) is 6.20 Å². The maximum atomic E-state index is 9.77. The largest absolute Gasteiger partial charge is 0.439 e. The van der Waals surface area contributed by atoms with Gasteiger partial charge in [0.05, 0.1) is 12.6 Å². The van der Waals surface area contributed by atoms with E-state index in [9.17, 15) is 5.11 Å². The Balaban J connectivity index is 0.00000280. The zero-order chi connectivity index (χ0) is 19.2. The Labute approximate surface area is 184 Å². The zero-order valence-electron chi connectivity index (χ0n) is 16.7. The summed E-state index contributed by atoms with van der Waals surface area (Å²) in [6.07, 6.45) is 2.26. The Morgan fingerprint density at radius 3 is 2.79 bits per heavy atom. The number of nitrogens with zero attached hydrogens (tertiary/aromatic N) is 3. The number of benzene rings is 1. The molecule has 7 heteroatoms. The van der Waals surface area contributed by atoms with Crippen LogP contribution in [0.1, 0.15) is 30.0 Å². The number of aliphatic hydroxyl groups is 1. The molecule has 152 valence electrons. The van der Waals surface area contributed by atoms with Gasteiger partial charge in [0.15, 0.2) is 5.96 Å². The molecule has 1 aromatic carbocycles. The fourth-order valence-electron chi connectivity index (χ4n) is 3.03. The number of rotatable bonds is 5. The first-order valence-electron chi connectivity index (χ1n) is 9.46. The van der Waals surface area contributed by atoms with Crippen molar-refractivity contribution in [1.29, 1.82) is 0 Å². The van der Waals surface area contributed by atoms with Gasteiger partial charge in [-0.15, -0.1) is 24.0 Å².